The maximum Gasteiger partial charge on any atom is 0.115 e. The van der Waals surface area contributed by atoms with Gasteiger partial charge in [-0.15, -0.1) is 0 Å². The Hall–Kier alpha value is -5.61. The fraction of sp³-hybridized carbons (Fsp3) is 0. The first kappa shape index (κ1) is 23.3. The summed E-state index contributed by atoms with van der Waals surface area (Å²) in [4.78, 5) is 4.98. The number of aromatic hydroxyl groups is 2. The standard InChI is InChI=1S/C37H24N2O2/c40-27-15-9-23(10-16-27)25-13-19-35-31(21-25)32-22-26(24-11-17-28(41)18-12-24)14-20-36(32)39(35)37-29-5-1-3-7-33(29)38-34-8-4-2-6-30(34)37/h1-22,40-41H. The summed E-state index contributed by atoms with van der Waals surface area (Å²) < 4.78 is 2.37. The van der Waals surface area contributed by atoms with Crippen LogP contribution in [0.3, 0.4) is 0 Å². The Balaban J connectivity index is 1.50. The molecule has 2 heterocycles. The highest BCUT2D eigenvalue weighted by molar-refractivity contribution is 6.15. The van der Waals surface area contributed by atoms with E-state index in [4.69, 9.17) is 4.98 Å². The van der Waals surface area contributed by atoms with E-state index in [0.29, 0.717) is 0 Å². The van der Waals surface area contributed by atoms with Crippen LogP contribution in [0.25, 0.3) is 71.6 Å². The molecule has 194 valence electrons. The van der Waals surface area contributed by atoms with Crippen molar-refractivity contribution < 1.29 is 10.2 Å². The monoisotopic (exact) mass is 528 g/mol. The first-order valence-corrected chi connectivity index (χ1v) is 13.6. The fourth-order valence-electron chi connectivity index (χ4n) is 5.99. The average Bonchev–Trinajstić information content (AvgIpc) is 3.33. The van der Waals surface area contributed by atoms with Crippen molar-refractivity contribution in [1.29, 1.82) is 0 Å². The molecule has 0 aliphatic heterocycles. The van der Waals surface area contributed by atoms with Gasteiger partial charge in [0.05, 0.1) is 27.8 Å². The van der Waals surface area contributed by atoms with Crippen LogP contribution >= 0.6 is 0 Å². The lowest BCUT2D eigenvalue weighted by molar-refractivity contribution is 0.475. The molecule has 4 heteroatoms. The Kier molecular flexibility index (Phi) is 5.09. The van der Waals surface area contributed by atoms with Gasteiger partial charge >= 0.3 is 0 Å². The SMILES string of the molecule is Oc1ccc(-c2ccc3c(c2)c2cc(-c4ccc(O)cc4)ccc2n3-c2c3ccccc3nc3ccccc23)cc1. The maximum atomic E-state index is 9.85. The molecular weight excluding hydrogens is 504 g/mol. The van der Waals surface area contributed by atoms with Gasteiger partial charge in [0.2, 0.25) is 0 Å². The maximum absolute atomic E-state index is 9.85. The predicted molar refractivity (Wildman–Crippen MR) is 168 cm³/mol. The van der Waals surface area contributed by atoms with Crippen LogP contribution in [0.15, 0.2) is 133 Å². The minimum atomic E-state index is 0.251. The zero-order chi connectivity index (χ0) is 27.5. The van der Waals surface area contributed by atoms with Gasteiger partial charge in [0.15, 0.2) is 0 Å². The number of phenolic OH excluding ortho intramolecular Hbond substituents is 2. The normalized spacial score (nSPS) is 11.6. The van der Waals surface area contributed by atoms with Crippen molar-refractivity contribution in [3.63, 3.8) is 0 Å². The van der Waals surface area contributed by atoms with Gasteiger partial charge in [-0.3, -0.25) is 0 Å². The fourth-order valence-corrected chi connectivity index (χ4v) is 5.99. The van der Waals surface area contributed by atoms with Gasteiger partial charge in [-0.2, -0.15) is 0 Å². The van der Waals surface area contributed by atoms with Crippen LogP contribution < -0.4 is 0 Å². The zero-order valence-electron chi connectivity index (χ0n) is 22.0. The lowest BCUT2D eigenvalue weighted by Gasteiger charge is -2.15. The molecule has 8 rings (SSSR count). The largest absolute Gasteiger partial charge is 0.508 e. The molecule has 4 nitrogen and oxygen atoms in total. The van der Waals surface area contributed by atoms with E-state index >= 15 is 0 Å². The van der Waals surface area contributed by atoms with Crippen molar-refractivity contribution in [3.05, 3.63) is 133 Å². The molecule has 8 aromatic rings. The zero-order valence-corrected chi connectivity index (χ0v) is 22.0. The summed E-state index contributed by atoms with van der Waals surface area (Å²) in [6.45, 7) is 0. The van der Waals surface area contributed by atoms with E-state index in [9.17, 15) is 10.2 Å². The number of aromatic nitrogens is 2. The molecule has 41 heavy (non-hydrogen) atoms. The van der Waals surface area contributed by atoms with Crippen LogP contribution in [0.2, 0.25) is 0 Å². The molecule has 0 aliphatic carbocycles. The van der Waals surface area contributed by atoms with Crippen molar-refractivity contribution in [2.24, 2.45) is 0 Å². The third kappa shape index (κ3) is 3.73. The van der Waals surface area contributed by atoms with Crippen LogP contribution in [0.1, 0.15) is 0 Å². The van der Waals surface area contributed by atoms with E-state index in [1.54, 1.807) is 24.3 Å². The van der Waals surface area contributed by atoms with Crippen LogP contribution in [0.5, 0.6) is 11.5 Å². The summed E-state index contributed by atoms with van der Waals surface area (Å²) in [6, 6.07) is 44.5. The van der Waals surface area contributed by atoms with Gasteiger partial charge in [0.1, 0.15) is 11.5 Å². The Morgan fingerprint density at radius 2 is 0.829 bits per heavy atom. The lowest BCUT2D eigenvalue weighted by atomic mass is 10.00. The average molecular weight is 529 g/mol. The van der Waals surface area contributed by atoms with Crippen molar-refractivity contribution in [2.45, 2.75) is 0 Å². The van der Waals surface area contributed by atoms with E-state index in [0.717, 1.165) is 71.6 Å². The summed E-state index contributed by atoms with van der Waals surface area (Å²) in [7, 11) is 0. The van der Waals surface area contributed by atoms with Gasteiger partial charge in [-0.05, 0) is 82.9 Å². The molecule has 6 aromatic carbocycles. The molecule has 0 amide bonds. The minimum Gasteiger partial charge on any atom is -0.508 e. The van der Waals surface area contributed by atoms with E-state index < -0.39 is 0 Å². The quantitative estimate of drug-likeness (QED) is 0.225. The number of hydrogen-bond donors (Lipinski definition) is 2. The molecule has 0 unspecified atom stereocenters. The summed E-state index contributed by atoms with van der Waals surface area (Å²) in [6.07, 6.45) is 0. The molecule has 0 saturated carbocycles. The number of hydrogen-bond acceptors (Lipinski definition) is 3. The number of para-hydroxylation sites is 2. The number of rotatable bonds is 3. The van der Waals surface area contributed by atoms with Gasteiger partial charge in [0.25, 0.3) is 0 Å². The van der Waals surface area contributed by atoms with Crippen LogP contribution in [-0.4, -0.2) is 19.8 Å². The van der Waals surface area contributed by atoms with Crippen LogP contribution in [-0.2, 0) is 0 Å². The highest BCUT2D eigenvalue weighted by atomic mass is 16.3. The second-order valence-electron chi connectivity index (χ2n) is 10.4. The first-order valence-electron chi connectivity index (χ1n) is 13.6. The number of benzene rings is 6. The van der Waals surface area contributed by atoms with Gasteiger partial charge < -0.3 is 14.8 Å². The second-order valence-corrected chi connectivity index (χ2v) is 10.4. The summed E-state index contributed by atoms with van der Waals surface area (Å²) in [5.74, 6) is 0.503. The van der Waals surface area contributed by atoms with Crippen LogP contribution in [0.4, 0.5) is 0 Å². The predicted octanol–water partition coefficient (Wildman–Crippen LogP) is 9.23. The Morgan fingerprint density at radius 3 is 1.29 bits per heavy atom. The highest BCUT2D eigenvalue weighted by Crippen LogP contribution is 2.40. The molecule has 0 atom stereocenters. The van der Waals surface area contributed by atoms with E-state index in [-0.39, 0.29) is 11.5 Å². The highest BCUT2D eigenvalue weighted by Gasteiger charge is 2.19. The second kappa shape index (κ2) is 8.97. The van der Waals surface area contributed by atoms with Crippen molar-refractivity contribution in [2.75, 3.05) is 0 Å². The molecule has 0 bridgehead atoms. The summed E-state index contributed by atoms with van der Waals surface area (Å²) in [5, 5.41) is 24.2. The van der Waals surface area contributed by atoms with E-state index in [1.807, 2.05) is 36.4 Å². The smallest absolute Gasteiger partial charge is 0.115 e. The Labute approximate surface area is 236 Å². The molecule has 2 aromatic heterocycles. The number of nitrogens with zero attached hydrogens (tertiary/aromatic N) is 2. The number of fused-ring (bicyclic) bond motifs is 5. The molecule has 0 spiro atoms. The van der Waals surface area contributed by atoms with Gasteiger partial charge in [-0.25, -0.2) is 4.98 Å². The minimum absolute atomic E-state index is 0.251. The van der Waals surface area contributed by atoms with Gasteiger partial charge in [0, 0.05) is 21.5 Å². The summed E-state index contributed by atoms with van der Waals surface area (Å²) in [5.41, 5.74) is 9.47. The molecular formula is C37H24N2O2. The Morgan fingerprint density at radius 1 is 0.415 bits per heavy atom. The summed E-state index contributed by atoms with van der Waals surface area (Å²) >= 11 is 0. The Bertz CT molecular complexity index is 2110. The van der Waals surface area contributed by atoms with Gasteiger partial charge in [-0.1, -0.05) is 72.8 Å². The molecule has 0 saturated heterocycles. The molecule has 0 fully saturated rings. The third-order valence-electron chi connectivity index (χ3n) is 7.95. The van der Waals surface area contributed by atoms with Crippen molar-refractivity contribution >= 4 is 43.6 Å². The van der Waals surface area contributed by atoms with Crippen LogP contribution in [0, 0.1) is 0 Å². The van der Waals surface area contributed by atoms with Crippen molar-refractivity contribution in [1.82, 2.24) is 9.55 Å². The van der Waals surface area contributed by atoms with E-state index in [1.165, 1.54) is 0 Å². The number of pyridine rings is 1. The molecule has 2 N–H and O–H groups in total. The number of phenols is 2. The topological polar surface area (TPSA) is 58.3 Å². The van der Waals surface area contributed by atoms with Crippen molar-refractivity contribution in [3.8, 4) is 39.4 Å². The molecule has 0 radical (unpaired) electrons. The first-order chi connectivity index (χ1) is 20.1. The molecule has 0 aliphatic rings. The third-order valence-corrected chi connectivity index (χ3v) is 7.95. The van der Waals surface area contributed by atoms with E-state index in [2.05, 4.69) is 77.4 Å². The lowest BCUT2D eigenvalue weighted by Crippen LogP contribution is -1.98.